The summed E-state index contributed by atoms with van der Waals surface area (Å²) in [5.74, 6) is -1.16. The number of carboxylic acids is 1. The number of amides is 1. The number of hydrogen-bond acceptors (Lipinski definition) is 3. The third-order valence-corrected chi connectivity index (χ3v) is 4.22. The van der Waals surface area contributed by atoms with E-state index in [1.165, 1.54) is 0 Å². The van der Waals surface area contributed by atoms with Crippen LogP contribution in [-0.4, -0.2) is 48.6 Å². The van der Waals surface area contributed by atoms with Gasteiger partial charge in [-0.25, -0.2) is 0 Å². The van der Waals surface area contributed by atoms with Crippen LogP contribution in [0.3, 0.4) is 0 Å². The zero-order chi connectivity index (χ0) is 13.1. The minimum atomic E-state index is -0.826. The van der Waals surface area contributed by atoms with Crippen molar-refractivity contribution in [3.63, 3.8) is 0 Å². The molecule has 1 aliphatic heterocycles. The Labute approximate surface area is 108 Å². The van der Waals surface area contributed by atoms with Gasteiger partial charge < -0.3 is 15.3 Å². The number of carbonyl (C=O) groups excluding carboxylic acids is 1. The largest absolute Gasteiger partial charge is 0.481 e. The minimum absolute atomic E-state index is 0.0607. The van der Waals surface area contributed by atoms with E-state index in [9.17, 15) is 9.59 Å². The molecule has 0 spiro atoms. The molecule has 1 amide bonds. The van der Waals surface area contributed by atoms with Crippen molar-refractivity contribution in [3.05, 3.63) is 0 Å². The lowest BCUT2D eigenvalue weighted by atomic mass is 9.95. The maximum atomic E-state index is 12.0. The Hall–Kier alpha value is -1.10. The van der Waals surface area contributed by atoms with Crippen LogP contribution in [0.4, 0.5) is 0 Å². The van der Waals surface area contributed by atoms with Gasteiger partial charge in [0.2, 0.25) is 5.91 Å². The predicted molar refractivity (Wildman–Crippen MR) is 67.1 cm³/mol. The highest BCUT2D eigenvalue weighted by Crippen LogP contribution is 2.32. The Kier molecular flexibility index (Phi) is 4.22. The second-order valence-corrected chi connectivity index (χ2v) is 5.64. The maximum absolute atomic E-state index is 12.0. The summed E-state index contributed by atoms with van der Waals surface area (Å²) in [5.41, 5.74) is 0. The molecule has 2 N–H and O–H groups in total. The van der Waals surface area contributed by atoms with Gasteiger partial charge in [-0.15, -0.1) is 0 Å². The average molecular weight is 254 g/mol. The van der Waals surface area contributed by atoms with Crippen LogP contribution < -0.4 is 5.32 Å². The molecule has 18 heavy (non-hydrogen) atoms. The number of rotatable bonds is 4. The quantitative estimate of drug-likeness (QED) is 0.769. The summed E-state index contributed by atoms with van der Waals surface area (Å²) in [4.78, 5) is 25.3. The number of carboxylic acid groups (broad SMARTS) is 1. The number of carbonyl (C=O) groups is 2. The highest BCUT2D eigenvalue weighted by atomic mass is 16.4. The molecule has 2 rings (SSSR count). The van der Waals surface area contributed by atoms with Gasteiger partial charge in [-0.05, 0) is 38.8 Å². The minimum Gasteiger partial charge on any atom is -0.481 e. The zero-order valence-electron chi connectivity index (χ0n) is 10.9. The molecular weight excluding hydrogens is 232 g/mol. The molecule has 3 atom stereocenters. The van der Waals surface area contributed by atoms with E-state index in [4.69, 9.17) is 5.11 Å². The van der Waals surface area contributed by atoms with Crippen LogP contribution in [0.5, 0.6) is 0 Å². The Morgan fingerprint density at radius 2 is 2.00 bits per heavy atom. The van der Waals surface area contributed by atoms with E-state index in [2.05, 4.69) is 17.3 Å². The van der Waals surface area contributed by atoms with Crippen LogP contribution in [0, 0.1) is 17.8 Å². The van der Waals surface area contributed by atoms with Gasteiger partial charge in [0.15, 0.2) is 0 Å². The molecule has 1 saturated carbocycles. The average Bonchev–Trinajstić information content (AvgIpc) is 2.94. The third-order valence-electron chi connectivity index (χ3n) is 4.22. The Balaban J connectivity index is 1.79. The van der Waals surface area contributed by atoms with Gasteiger partial charge in [0.25, 0.3) is 0 Å². The molecule has 0 aromatic heterocycles. The summed E-state index contributed by atoms with van der Waals surface area (Å²) in [6.07, 6.45) is 3.32. The van der Waals surface area contributed by atoms with Crippen molar-refractivity contribution < 1.29 is 14.7 Å². The normalized spacial score (nSPS) is 32.6. The van der Waals surface area contributed by atoms with E-state index in [1.54, 1.807) is 0 Å². The van der Waals surface area contributed by atoms with Gasteiger partial charge in [0.05, 0.1) is 11.8 Å². The van der Waals surface area contributed by atoms with Crippen LogP contribution in [0.2, 0.25) is 0 Å². The van der Waals surface area contributed by atoms with Crippen LogP contribution in [0.15, 0.2) is 0 Å². The van der Waals surface area contributed by atoms with Gasteiger partial charge in [0, 0.05) is 13.1 Å². The summed E-state index contributed by atoms with van der Waals surface area (Å²) < 4.78 is 0. The van der Waals surface area contributed by atoms with E-state index in [0.29, 0.717) is 25.3 Å². The highest BCUT2D eigenvalue weighted by molar-refractivity contribution is 5.85. The first-order chi connectivity index (χ1) is 8.58. The second kappa shape index (κ2) is 5.69. The fourth-order valence-corrected chi connectivity index (χ4v) is 3.14. The molecule has 5 nitrogen and oxygen atoms in total. The first-order valence-electron chi connectivity index (χ1n) is 6.77. The predicted octanol–water partition coefficient (Wildman–Crippen LogP) is 0.555. The number of nitrogens with one attached hydrogen (secondary N) is 1. The van der Waals surface area contributed by atoms with Gasteiger partial charge in [-0.3, -0.25) is 9.59 Å². The molecule has 1 heterocycles. The summed E-state index contributed by atoms with van der Waals surface area (Å²) in [6.45, 7) is 2.79. The lowest BCUT2D eigenvalue weighted by Crippen LogP contribution is -2.38. The van der Waals surface area contributed by atoms with Gasteiger partial charge in [0.1, 0.15) is 0 Å². The molecule has 0 radical (unpaired) electrons. The second-order valence-electron chi connectivity index (χ2n) is 5.64. The van der Waals surface area contributed by atoms with Crippen molar-refractivity contribution in [2.75, 3.05) is 26.7 Å². The maximum Gasteiger partial charge on any atom is 0.307 e. The van der Waals surface area contributed by atoms with E-state index in [-0.39, 0.29) is 11.8 Å². The molecule has 0 bridgehead atoms. The van der Waals surface area contributed by atoms with E-state index < -0.39 is 11.9 Å². The Bertz CT molecular complexity index is 332. The molecule has 1 aliphatic carbocycles. The summed E-state index contributed by atoms with van der Waals surface area (Å²) in [7, 11) is 2.08. The zero-order valence-corrected chi connectivity index (χ0v) is 10.9. The number of likely N-dealkylation sites (tertiary alicyclic amines) is 1. The van der Waals surface area contributed by atoms with Crippen molar-refractivity contribution in [1.82, 2.24) is 10.2 Å². The summed E-state index contributed by atoms with van der Waals surface area (Å²) in [5, 5.41) is 12.0. The molecule has 102 valence electrons. The molecule has 0 aromatic carbocycles. The fraction of sp³-hybridized carbons (Fsp3) is 0.846. The molecular formula is C13H22N2O3. The van der Waals surface area contributed by atoms with Crippen molar-refractivity contribution in [2.24, 2.45) is 17.8 Å². The highest BCUT2D eigenvalue weighted by Gasteiger charge is 2.37. The van der Waals surface area contributed by atoms with Crippen molar-refractivity contribution in [1.29, 1.82) is 0 Å². The Morgan fingerprint density at radius 1 is 1.28 bits per heavy atom. The SMILES string of the molecule is CN1CCC(CNC(=O)C2CCCC2C(=O)O)C1. The van der Waals surface area contributed by atoms with Crippen molar-refractivity contribution >= 4 is 11.9 Å². The topological polar surface area (TPSA) is 69.6 Å². The smallest absolute Gasteiger partial charge is 0.307 e. The molecule has 2 fully saturated rings. The first kappa shape index (κ1) is 13.3. The molecule has 3 unspecified atom stereocenters. The van der Waals surface area contributed by atoms with Crippen LogP contribution in [0.1, 0.15) is 25.7 Å². The monoisotopic (exact) mass is 254 g/mol. The van der Waals surface area contributed by atoms with E-state index in [1.807, 2.05) is 0 Å². The summed E-state index contributed by atoms with van der Waals surface area (Å²) >= 11 is 0. The Morgan fingerprint density at radius 3 is 2.61 bits per heavy atom. The van der Waals surface area contributed by atoms with Gasteiger partial charge in [-0.2, -0.15) is 0 Å². The van der Waals surface area contributed by atoms with Crippen molar-refractivity contribution in [2.45, 2.75) is 25.7 Å². The third kappa shape index (κ3) is 3.02. The van der Waals surface area contributed by atoms with Crippen LogP contribution in [0.25, 0.3) is 0 Å². The number of hydrogen-bond donors (Lipinski definition) is 2. The lowest BCUT2D eigenvalue weighted by molar-refractivity contribution is -0.146. The standard InChI is InChI=1S/C13H22N2O3/c1-15-6-5-9(8-15)7-14-12(16)10-3-2-4-11(10)13(17)18/h9-11H,2-8H2,1H3,(H,14,16)(H,17,18). The number of aliphatic carboxylic acids is 1. The molecule has 0 aromatic rings. The molecule has 2 aliphatic rings. The lowest BCUT2D eigenvalue weighted by Gasteiger charge is -2.17. The van der Waals surface area contributed by atoms with Gasteiger partial charge >= 0.3 is 5.97 Å². The van der Waals surface area contributed by atoms with E-state index in [0.717, 1.165) is 25.9 Å². The number of nitrogens with zero attached hydrogens (tertiary/aromatic N) is 1. The summed E-state index contributed by atoms with van der Waals surface area (Å²) in [6, 6.07) is 0. The first-order valence-corrected chi connectivity index (χ1v) is 6.77. The fourth-order valence-electron chi connectivity index (χ4n) is 3.14. The van der Waals surface area contributed by atoms with Gasteiger partial charge in [-0.1, -0.05) is 6.42 Å². The van der Waals surface area contributed by atoms with E-state index >= 15 is 0 Å². The molecule has 5 heteroatoms. The van der Waals surface area contributed by atoms with Crippen molar-refractivity contribution in [3.8, 4) is 0 Å². The van der Waals surface area contributed by atoms with Crippen LogP contribution >= 0.6 is 0 Å². The molecule has 1 saturated heterocycles. The van der Waals surface area contributed by atoms with Crippen LogP contribution in [-0.2, 0) is 9.59 Å².